The molecular weight excluding hydrogens is 266 g/mol. The van der Waals surface area contributed by atoms with E-state index in [1.807, 2.05) is 16.8 Å². The van der Waals surface area contributed by atoms with Crippen molar-refractivity contribution in [3.8, 4) is 0 Å². The van der Waals surface area contributed by atoms with Crippen LogP contribution in [0.25, 0.3) is 0 Å². The minimum atomic E-state index is 0.0106. The van der Waals surface area contributed by atoms with Gasteiger partial charge in [0.1, 0.15) is 12.2 Å². The third-order valence-electron chi connectivity index (χ3n) is 3.58. The van der Waals surface area contributed by atoms with Crippen molar-refractivity contribution in [2.24, 2.45) is 5.92 Å². The van der Waals surface area contributed by atoms with E-state index in [0.717, 1.165) is 17.9 Å². The Balaban J connectivity index is 1.79. The summed E-state index contributed by atoms with van der Waals surface area (Å²) in [5, 5.41) is 4.23. The summed E-state index contributed by atoms with van der Waals surface area (Å²) in [6, 6.07) is 5.49. The molecule has 21 heavy (non-hydrogen) atoms. The number of amides is 1. The third-order valence-corrected chi connectivity index (χ3v) is 3.58. The van der Waals surface area contributed by atoms with Crippen LogP contribution in [0.15, 0.2) is 24.5 Å². The highest BCUT2D eigenvalue weighted by atomic mass is 16.2. The van der Waals surface area contributed by atoms with Crippen molar-refractivity contribution < 1.29 is 4.79 Å². The zero-order valence-corrected chi connectivity index (χ0v) is 12.3. The van der Waals surface area contributed by atoms with Gasteiger partial charge >= 0.3 is 0 Å². The number of hydrogen-bond acceptors (Lipinski definition) is 4. The SMILES string of the molecule is CC(C)Cn1ncnc1CN1Cc2ccc(N)cc2C1=O. The van der Waals surface area contributed by atoms with Crippen LogP contribution in [-0.4, -0.2) is 25.6 Å². The topological polar surface area (TPSA) is 77.0 Å². The van der Waals surface area contributed by atoms with Crippen molar-refractivity contribution in [1.29, 1.82) is 0 Å². The number of aromatic nitrogens is 3. The molecule has 0 saturated heterocycles. The standard InChI is InChI=1S/C15H19N5O/c1-10(2)6-20-14(17-9-18-20)8-19-7-11-3-4-12(16)5-13(11)15(19)21/h3-5,9-10H,6-8,16H2,1-2H3. The van der Waals surface area contributed by atoms with Gasteiger partial charge in [-0.3, -0.25) is 4.79 Å². The van der Waals surface area contributed by atoms with E-state index in [4.69, 9.17) is 5.73 Å². The highest BCUT2D eigenvalue weighted by Gasteiger charge is 2.28. The Labute approximate surface area is 123 Å². The number of hydrogen-bond donors (Lipinski definition) is 1. The summed E-state index contributed by atoms with van der Waals surface area (Å²) in [6.45, 7) is 6.14. The second-order valence-corrected chi connectivity index (χ2v) is 5.83. The summed E-state index contributed by atoms with van der Waals surface area (Å²) in [5.41, 5.74) is 8.09. The number of fused-ring (bicyclic) bond motifs is 1. The molecule has 2 N–H and O–H groups in total. The number of nitrogens with two attached hydrogens (primary N) is 1. The Bertz CT molecular complexity index is 676. The molecule has 0 spiro atoms. The van der Waals surface area contributed by atoms with E-state index in [1.54, 1.807) is 17.3 Å². The average Bonchev–Trinajstić information content (AvgIpc) is 2.97. The molecule has 1 aliphatic heterocycles. The molecule has 1 amide bonds. The molecule has 0 unspecified atom stereocenters. The van der Waals surface area contributed by atoms with Crippen LogP contribution in [0.3, 0.4) is 0 Å². The normalized spacial score (nSPS) is 14.0. The van der Waals surface area contributed by atoms with Crippen LogP contribution < -0.4 is 5.73 Å². The van der Waals surface area contributed by atoms with Crippen LogP contribution in [0, 0.1) is 5.92 Å². The molecule has 0 aliphatic carbocycles. The number of benzene rings is 1. The molecule has 6 heteroatoms. The molecule has 0 radical (unpaired) electrons. The Morgan fingerprint density at radius 2 is 2.19 bits per heavy atom. The van der Waals surface area contributed by atoms with E-state index in [0.29, 0.717) is 30.3 Å². The zero-order valence-electron chi connectivity index (χ0n) is 12.3. The van der Waals surface area contributed by atoms with Gasteiger partial charge in [0.25, 0.3) is 5.91 Å². The van der Waals surface area contributed by atoms with E-state index in [1.165, 1.54) is 0 Å². The fraction of sp³-hybridized carbons (Fsp3) is 0.400. The molecule has 2 heterocycles. The summed E-state index contributed by atoms with van der Waals surface area (Å²) >= 11 is 0. The van der Waals surface area contributed by atoms with E-state index in [2.05, 4.69) is 23.9 Å². The third kappa shape index (κ3) is 2.61. The Morgan fingerprint density at radius 1 is 1.38 bits per heavy atom. The van der Waals surface area contributed by atoms with Crippen LogP contribution >= 0.6 is 0 Å². The molecule has 0 saturated carbocycles. The van der Waals surface area contributed by atoms with E-state index in [-0.39, 0.29) is 5.91 Å². The first-order valence-electron chi connectivity index (χ1n) is 7.09. The molecule has 0 bridgehead atoms. The van der Waals surface area contributed by atoms with Crippen molar-refractivity contribution >= 4 is 11.6 Å². The maximum atomic E-state index is 12.4. The monoisotopic (exact) mass is 285 g/mol. The Kier molecular flexibility index (Phi) is 3.37. The summed E-state index contributed by atoms with van der Waals surface area (Å²) in [7, 11) is 0. The van der Waals surface area contributed by atoms with Crippen LogP contribution in [-0.2, 0) is 19.6 Å². The summed E-state index contributed by atoms with van der Waals surface area (Å²) < 4.78 is 1.87. The largest absolute Gasteiger partial charge is 0.399 e. The van der Waals surface area contributed by atoms with Crippen molar-refractivity contribution in [2.45, 2.75) is 33.5 Å². The summed E-state index contributed by atoms with van der Waals surface area (Å²) in [4.78, 5) is 18.5. The molecule has 1 aliphatic rings. The van der Waals surface area contributed by atoms with E-state index in [9.17, 15) is 4.79 Å². The number of rotatable bonds is 4. The van der Waals surface area contributed by atoms with Gasteiger partial charge in [0.15, 0.2) is 0 Å². The lowest BCUT2D eigenvalue weighted by Crippen LogP contribution is -2.26. The second kappa shape index (κ2) is 5.20. The zero-order chi connectivity index (χ0) is 15.0. The summed E-state index contributed by atoms with van der Waals surface area (Å²) in [6.07, 6.45) is 1.55. The lowest BCUT2D eigenvalue weighted by atomic mass is 10.1. The Hall–Kier alpha value is -2.37. The highest BCUT2D eigenvalue weighted by Crippen LogP contribution is 2.25. The van der Waals surface area contributed by atoms with Crippen LogP contribution in [0.5, 0.6) is 0 Å². The van der Waals surface area contributed by atoms with Crippen LogP contribution in [0.1, 0.15) is 35.6 Å². The van der Waals surface area contributed by atoms with Gasteiger partial charge in [0.2, 0.25) is 0 Å². The van der Waals surface area contributed by atoms with Gasteiger partial charge in [-0.25, -0.2) is 9.67 Å². The van der Waals surface area contributed by atoms with Gasteiger partial charge in [0, 0.05) is 24.3 Å². The van der Waals surface area contributed by atoms with Gasteiger partial charge in [-0.15, -0.1) is 0 Å². The number of anilines is 1. The predicted octanol–water partition coefficient (Wildman–Crippen LogP) is 1.67. The molecular formula is C15H19N5O. The average molecular weight is 285 g/mol. The molecule has 0 atom stereocenters. The molecule has 6 nitrogen and oxygen atoms in total. The summed E-state index contributed by atoms with van der Waals surface area (Å²) in [5.74, 6) is 1.31. The molecule has 3 rings (SSSR count). The minimum absolute atomic E-state index is 0.0106. The molecule has 0 fully saturated rings. The van der Waals surface area contributed by atoms with E-state index >= 15 is 0 Å². The molecule has 2 aromatic rings. The fourth-order valence-electron chi connectivity index (χ4n) is 2.59. The van der Waals surface area contributed by atoms with Crippen molar-refractivity contribution in [3.05, 3.63) is 41.5 Å². The van der Waals surface area contributed by atoms with Crippen LogP contribution in [0.4, 0.5) is 5.69 Å². The quantitative estimate of drug-likeness (QED) is 0.867. The lowest BCUT2D eigenvalue weighted by molar-refractivity contribution is 0.0760. The highest BCUT2D eigenvalue weighted by molar-refractivity contribution is 5.99. The van der Waals surface area contributed by atoms with Crippen molar-refractivity contribution in [3.63, 3.8) is 0 Å². The van der Waals surface area contributed by atoms with Gasteiger partial charge in [-0.2, -0.15) is 5.10 Å². The van der Waals surface area contributed by atoms with Crippen molar-refractivity contribution in [1.82, 2.24) is 19.7 Å². The van der Waals surface area contributed by atoms with Gasteiger partial charge in [-0.1, -0.05) is 19.9 Å². The molecule has 1 aromatic heterocycles. The number of nitrogen functional groups attached to an aromatic ring is 1. The second-order valence-electron chi connectivity index (χ2n) is 5.83. The molecule has 110 valence electrons. The van der Waals surface area contributed by atoms with Crippen LogP contribution in [0.2, 0.25) is 0 Å². The maximum Gasteiger partial charge on any atom is 0.254 e. The van der Waals surface area contributed by atoms with Crippen molar-refractivity contribution in [2.75, 3.05) is 5.73 Å². The molecule has 1 aromatic carbocycles. The number of carbonyl (C=O) groups is 1. The smallest absolute Gasteiger partial charge is 0.254 e. The number of nitrogens with zero attached hydrogens (tertiary/aromatic N) is 4. The fourth-order valence-corrected chi connectivity index (χ4v) is 2.59. The van der Waals surface area contributed by atoms with Gasteiger partial charge < -0.3 is 10.6 Å². The van der Waals surface area contributed by atoms with E-state index < -0.39 is 0 Å². The van der Waals surface area contributed by atoms with Gasteiger partial charge in [-0.05, 0) is 23.6 Å². The Morgan fingerprint density at radius 3 is 2.95 bits per heavy atom. The minimum Gasteiger partial charge on any atom is -0.399 e. The maximum absolute atomic E-state index is 12.4. The number of carbonyl (C=O) groups excluding carboxylic acids is 1. The predicted molar refractivity (Wildman–Crippen MR) is 79.3 cm³/mol. The van der Waals surface area contributed by atoms with Gasteiger partial charge in [0.05, 0.1) is 6.54 Å². The lowest BCUT2D eigenvalue weighted by Gasteiger charge is -2.16. The first kappa shape index (κ1) is 13.6. The first-order valence-corrected chi connectivity index (χ1v) is 7.09. The first-order chi connectivity index (χ1) is 10.0.